The fourth-order valence-electron chi connectivity index (χ4n) is 3.13. The van der Waals surface area contributed by atoms with E-state index in [0.717, 1.165) is 30.2 Å². The van der Waals surface area contributed by atoms with Crippen LogP contribution < -0.4 is 0 Å². The molecule has 1 fully saturated rings. The van der Waals surface area contributed by atoms with Crippen molar-refractivity contribution in [2.24, 2.45) is 11.8 Å². The first-order chi connectivity index (χ1) is 9.08. The van der Waals surface area contributed by atoms with Gasteiger partial charge in [-0.2, -0.15) is 0 Å². The number of ether oxygens (including phenoxy) is 1. The summed E-state index contributed by atoms with van der Waals surface area (Å²) >= 11 is 3.49. The molecular weight excluding hydrogens is 307 g/mol. The van der Waals surface area contributed by atoms with Gasteiger partial charge in [-0.1, -0.05) is 41.9 Å². The minimum atomic E-state index is -0.197. The third kappa shape index (κ3) is 4.28. The summed E-state index contributed by atoms with van der Waals surface area (Å²) < 4.78 is 19.5. The lowest BCUT2D eigenvalue weighted by molar-refractivity contribution is -0.0402. The third-order valence-electron chi connectivity index (χ3n) is 3.85. The van der Waals surface area contributed by atoms with Crippen molar-refractivity contribution < 1.29 is 9.13 Å². The number of halogens is 2. The Labute approximate surface area is 123 Å². The first kappa shape index (κ1) is 15.0. The van der Waals surface area contributed by atoms with Crippen LogP contribution in [0, 0.1) is 17.7 Å². The summed E-state index contributed by atoms with van der Waals surface area (Å²) in [6, 6.07) is 6.72. The van der Waals surface area contributed by atoms with Crippen LogP contribution in [-0.2, 0) is 4.74 Å². The van der Waals surface area contributed by atoms with E-state index in [9.17, 15) is 4.39 Å². The van der Waals surface area contributed by atoms with Gasteiger partial charge in [0.1, 0.15) is 5.82 Å². The van der Waals surface area contributed by atoms with Crippen LogP contribution in [0.25, 0.3) is 0 Å². The molecule has 1 saturated carbocycles. The van der Waals surface area contributed by atoms with E-state index in [1.54, 1.807) is 12.1 Å². The van der Waals surface area contributed by atoms with Crippen LogP contribution in [0.15, 0.2) is 24.3 Å². The summed E-state index contributed by atoms with van der Waals surface area (Å²) in [4.78, 5) is 0. The molecule has 3 atom stereocenters. The smallest absolute Gasteiger partial charge is 0.123 e. The molecule has 0 radical (unpaired) electrons. The highest BCUT2D eigenvalue weighted by Crippen LogP contribution is 2.33. The summed E-state index contributed by atoms with van der Waals surface area (Å²) in [6.45, 7) is 4.58. The Morgan fingerprint density at radius 2 is 1.95 bits per heavy atom. The highest BCUT2D eigenvalue weighted by atomic mass is 79.9. The first-order valence-electron chi connectivity index (χ1n) is 7.05. The van der Waals surface area contributed by atoms with E-state index < -0.39 is 0 Å². The van der Waals surface area contributed by atoms with E-state index in [2.05, 4.69) is 29.8 Å². The average Bonchev–Trinajstić information content (AvgIpc) is 2.34. The first-order valence-corrected chi connectivity index (χ1v) is 8.17. The van der Waals surface area contributed by atoms with Crippen molar-refractivity contribution >= 4 is 15.9 Å². The van der Waals surface area contributed by atoms with Gasteiger partial charge in [0.2, 0.25) is 0 Å². The second kappa shape index (κ2) is 6.85. The monoisotopic (exact) mass is 328 g/mol. The van der Waals surface area contributed by atoms with Crippen LogP contribution in [0.2, 0.25) is 0 Å². The second-order valence-electron chi connectivity index (χ2n) is 5.87. The van der Waals surface area contributed by atoms with E-state index in [0.29, 0.717) is 11.4 Å². The minimum absolute atomic E-state index is 0.0572. The van der Waals surface area contributed by atoms with Crippen molar-refractivity contribution in [3.8, 4) is 0 Å². The quantitative estimate of drug-likeness (QED) is 0.698. The number of benzene rings is 1. The molecule has 0 aliphatic heterocycles. The van der Waals surface area contributed by atoms with Gasteiger partial charge in [0, 0.05) is 5.33 Å². The van der Waals surface area contributed by atoms with Gasteiger partial charge in [-0.25, -0.2) is 4.39 Å². The Bertz CT molecular complexity index is 399. The lowest BCUT2D eigenvalue weighted by Gasteiger charge is -2.33. The third-order valence-corrected chi connectivity index (χ3v) is 4.44. The molecule has 3 unspecified atom stereocenters. The van der Waals surface area contributed by atoms with Gasteiger partial charge in [-0.3, -0.25) is 0 Å². The highest BCUT2D eigenvalue weighted by Gasteiger charge is 2.27. The summed E-state index contributed by atoms with van der Waals surface area (Å²) in [6.07, 6.45) is 3.76. The molecule has 1 aliphatic rings. The molecule has 1 nitrogen and oxygen atoms in total. The normalized spacial score (nSPS) is 29.2. The molecule has 0 bridgehead atoms. The molecule has 0 saturated heterocycles. The van der Waals surface area contributed by atoms with Crippen LogP contribution in [0.1, 0.15) is 44.8 Å². The van der Waals surface area contributed by atoms with Crippen LogP contribution >= 0.6 is 15.9 Å². The standard InChI is InChI=1S/C16H22BrFO/c1-11-6-12(2)8-15(7-11)19-16(10-17)13-4-3-5-14(18)9-13/h3-5,9,11-12,15-16H,6-8,10H2,1-2H3. The summed E-state index contributed by atoms with van der Waals surface area (Å²) in [7, 11) is 0. The highest BCUT2D eigenvalue weighted by molar-refractivity contribution is 9.09. The van der Waals surface area contributed by atoms with Gasteiger partial charge in [0.15, 0.2) is 0 Å². The van der Waals surface area contributed by atoms with Crippen molar-refractivity contribution in [1.29, 1.82) is 0 Å². The van der Waals surface area contributed by atoms with Gasteiger partial charge in [-0.05, 0) is 48.8 Å². The Morgan fingerprint density at radius 3 is 2.53 bits per heavy atom. The maximum Gasteiger partial charge on any atom is 0.123 e. The molecule has 106 valence electrons. The molecule has 19 heavy (non-hydrogen) atoms. The molecular formula is C16H22BrFO. The van der Waals surface area contributed by atoms with E-state index in [1.807, 2.05) is 6.07 Å². The van der Waals surface area contributed by atoms with Crippen LogP contribution in [0.4, 0.5) is 4.39 Å². The zero-order valence-corrected chi connectivity index (χ0v) is 13.2. The molecule has 1 aromatic carbocycles. The summed E-state index contributed by atoms with van der Waals surface area (Å²) in [5.74, 6) is 1.24. The summed E-state index contributed by atoms with van der Waals surface area (Å²) in [5.41, 5.74) is 0.919. The van der Waals surface area contributed by atoms with E-state index >= 15 is 0 Å². The molecule has 1 aliphatic carbocycles. The maximum atomic E-state index is 13.3. The van der Waals surface area contributed by atoms with Crippen molar-refractivity contribution in [1.82, 2.24) is 0 Å². The SMILES string of the molecule is CC1CC(C)CC(OC(CBr)c2cccc(F)c2)C1. The second-order valence-corrected chi connectivity index (χ2v) is 6.52. The van der Waals surface area contributed by atoms with Crippen molar-refractivity contribution in [3.05, 3.63) is 35.6 Å². The van der Waals surface area contributed by atoms with E-state index in [4.69, 9.17) is 4.74 Å². The number of hydrogen-bond acceptors (Lipinski definition) is 1. The van der Waals surface area contributed by atoms with Gasteiger partial charge in [0.25, 0.3) is 0 Å². The average molecular weight is 329 g/mol. The van der Waals surface area contributed by atoms with Gasteiger partial charge < -0.3 is 4.74 Å². The molecule has 2 rings (SSSR count). The molecule has 3 heteroatoms. The van der Waals surface area contributed by atoms with Crippen molar-refractivity contribution in [2.75, 3.05) is 5.33 Å². The van der Waals surface area contributed by atoms with Crippen molar-refractivity contribution in [3.63, 3.8) is 0 Å². The molecule has 1 aromatic rings. The summed E-state index contributed by atoms with van der Waals surface area (Å²) in [5, 5.41) is 0.704. The molecule has 0 aromatic heterocycles. The van der Waals surface area contributed by atoms with Gasteiger partial charge in [0.05, 0.1) is 12.2 Å². The van der Waals surface area contributed by atoms with Gasteiger partial charge in [-0.15, -0.1) is 0 Å². The Balaban J connectivity index is 2.02. The van der Waals surface area contributed by atoms with Crippen LogP contribution in [0.5, 0.6) is 0 Å². The van der Waals surface area contributed by atoms with Crippen LogP contribution in [-0.4, -0.2) is 11.4 Å². The zero-order valence-electron chi connectivity index (χ0n) is 11.6. The van der Waals surface area contributed by atoms with E-state index in [-0.39, 0.29) is 11.9 Å². The van der Waals surface area contributed by atoms with Gasteiger partial charge >= 0.3 is 0 Å². The number of rotatable bonds is 4. The molecule has 0 heterocycles. The number of hydrogen-bond donors (Lipinski definition) is 0. The maximum absolute atomic E-state index is 13.3. The minimum Gasteiger partial charge on any atom is -0.369 e. The Kier molecular flexibility index (Phi) is 5.40. The molecule has 0 N–H and O–H groups in total. The molecule has 0 amide bonds. The Hall–Kier alpha value is -0.410. The fourth-order valence-corrected chi connectivity index (χ4v) is 3.65. The predicted octanol–water partition coefficient (Wildman–Crippen LogP) is 5.10. The number of alkyl halides is 1. The lowest BCUT2D eigenvalue weighted by Crippen LogP contribution is -2.28. The fraction of sp³-hybridized carbons (Fsp3) is 0.625. The Morgan fingerprint density at radius 1 is 1.26 bits per heavy atom. The van der Waals surface area contributed by atoms with E-state index in [1.165, 1.54) is 12.5 Å². The van der Waals surface area contributed by atoms with Crippen molar-refractivity contribution in [2.45, 2.75) is 45.3 Å². The lowest BCUT2D eigenvalue weighted by atomic mass is 9.81. The molecule has 0 spiro atoms. The zero-order chi connectivity index (χ0) is 13.8. The van der Waals surface area contributed by atoms with Crippen LogP contribution in [0.3, 0.4) is 0 Å². The topological polar surface area (TPSA) is 9.23 Å². The predicted molar refractivity (Wildman–Crippen MR) is 80.0 cm³/mol. The largest absolute Gasteiger partial charge is 0.369 e.